The topological polar surface area (TPSA) is 43.4 Å². The second-order valence-electron chi connectivity index (χ2n) is 8.27. The lowest BCUT2D eigenvalue weighted by Crippen LogP contribution is -2.56. The van der Waals surface area contributed by atoms with Gasteiger partial charge in [-0.2, -0.15) is 0 Å². The molecule has 3 nitrogen and oxygen atoms in total. The minimum atomic E-state index is -0.620. The van der Waals surface area contributed by atoms with Crippen LogP contribution in [0.25, 0.3) is 0 Å². The molecule has 0 amide bonds. The van der Waals surface area contributed by atoms with Crippen LogP contribution >= 0.6 is 0 Å². The average molecular weight is 302 g/mol. The van der Waals surface area contributed by atoms with Crippen LogP contribution in [0, 0.1) is 22.2 Å². The molecule has 0 spiro atoms. The molecule has 3 heteroatoms. The van der Waals surface area contributed by atoms with Crippen LogP contribution in [0.15, 0.2) is 23.5 Å². The van der Waals surface area contributed by atoms with E-state index in [0.717, 1.165) is 19.3 Å². The van der Waals surface area contributed by atoms with Crippen molar-refractivity contribution in [1.29, 1.82) is 0 Å². The third-order valence-corrected chi connectivity index (χ3v) is 6.40. The largest absolute Gasteiger partial charge is 0.493 e. The van der Waals surface area contributed by atoms with E-state index in [2.05, 4.69) is 26.8 Å². The molecule has 3 atom stereocenters. The molecular weight excluding hydrogens is 276 g/mol. The predicted octanol–water partition coefficient (Wildman–Crippen LogP) is 3.84. The van der Waals surface area contributed by atoms with E-state index in [0.29, 0.717) is 6.42 Å². The zero-order chi connectivity index (χ0) is 16.3. The fourth-order valence-electron chi connectivity index (χ4n) is 5.36. The summed E-state index contributed by atoms with van der Waals surface area (Å²) in [4.78, 5) is 25.7. The molecule has 1 unspecified atom stereocenters. The molecule has 0 aromatic heterocycles. The Morgan fingerprint density at radius 1 is 1.09 bits per heavy atom. The average Bonchev–Trinajstić information content (AvgIpc) is 2.41. The summed E-state index contributed by atoms with van der Waals surface area (Å²) in [5, 5.41) is 0. The lowest BCUT2D eigenvalue weighted by molar-refractivity contribution is -0.146. The van der Waals surface area contributed by atoms with Gasteiger partial charge in [-0.1, -0.05) is 45.8 Å². The molecular formula is C19H26O3. The van der Waals surface area contributed by atoms with Gasteiger partial charge >= 0.3 is 0 Å². The summed E-state index contributed by atoms with van der Waals surface area (Å²) in [5.74, 6) is -0.0189. The number of fused-ring (bicyclic) bond motifs is 3. The number of ether oxygens (including phenoxy) is 1. The van der Waals surface area contributed by atoms with Gasteiger partial charge in [0.2, 0.25) is 5.78 Å². The van der Waals surface area contributed by atoms with Crippen molar-refractivity contribution in [3.8, 4) is 0 Å². The minimum Gasteiger partial charge on any atom is -0.493 e. The van der Waals surface area contributed by atoms with Gasteiger partial charge < -0.3 is 4.74 Å². The maximum Gasteiger partial charge on any atom is 0.202 e. The smallest absolute Gasteiger partial charge is 0.202 e. The van der Waals surface area contributed by atoms with E-state index in [4.69, 9.17) is 4.74 Å². The Morgan fingerprint density at radius 3 is 2.41 bits per heavy atom. The number of Topliss-reactive ketones (excluding diaryl/α,β-unsaturated/α-hetero) is 1. The zero-order valence-corrected chi connectivity index (χ0v) is 14.3. The third-order valence-electron chi connectivity index (χ3n) is 6.40. The Morgan fingerprint density at radius 2 is 1.77 bits per heavy atom. The van der Waals surface area contributed by atoms with Gasteiger partial charge in [-0.25, -0.2) is 0 Å². The van der Waals surface area contributed by atoms with Crippen LogP contribution in [0.2, 0.25) is 0 Å². The highest BCUT2D eigenvalue weighted by Gasteiger charge is 2.61. The van der Waals surface area contributed by atoms with Gasteiger partial charge in [-0.15, -0.1) is 0 Å². The summed E-state index contributed by atoms with van der Waals surface area (Å²) >= 11 is 0. The van der Waals surface area contributed by atoms with Crippen molar-refractivity contribution < 1.29 is 14.3 Å². The van der Waals surface area contributed by atoms with E-state index in [9.17, 15) is 9.59 Å². The lowest BCUT2D eigenvalue weighted by atomic mass is 9.45. The van der Waals surface area contributed by atoms with Crippen molar-refractivity contribution in [1.82, 2.24) is 0 Å². The van der Waals surface area contributed by atoms with Crippen LogP contribution in [-0.4, -0.2) is 18.7 Å². The predicted molar refractivity (Wildman–Crippen MR) is 85.1 cm³/mol. The molecule has 0 aromatic carbocycles. The first-order chi connectivity index (χ1) is 10.2. The standard InChI is InChI=1S/C19H26O3/c1-17(2)8-6-9-18(3)13(17)7-10-19(4)14(20)11-12(22-5)15(21)16(18)19/h7,11,16H,6,8-10H2,1-5H3/t16?,18-,19-/m0/s1. The Balaban J connectivity index is 2.19. The van der Waals surface area contributed by atoms with Gasteiger partial charge in [-0.05, 0) is 24.7 Å². The maximum atomic E-state index is 13.0. The van der Waals surface area contributed by atoms with Crippen molar-refractivity contribution in [2.24, 2.45) is 22.2 Å². The molecule has 1 fully saturated rings. The molecule has 0 aromatic rings. The van der Waals surface area contributed by atoms with Gasteiger partial charge in [0.1, 0.15) is 0 Å². The fraction of sp³-hybridized carbons (Fsp3) is 0.684. The summed E-state index contributed by atoms with van der Waals surface area (Å²) in [6, 6.07) is 0. The number of hydrogen-bond donors (Lipinski definition) is 0. The quantitative estimate of drug-likeness (QED) is 0.691. The monoisotopic (exact) mass is 302 g/mol. The molecule has 0 saturated heterocycles. The maximum absolute atomic E-state index is 13.0. The summed E-state index contributed by atoms with van der Waals surface area (Å²) in [5.41, 5.74) is 0.614. The van der Waals surface area contributed by atoms with Crippen LogP contribution in [0.5, 0.6) is 0 Å². The van der Waals surface area contributed by atoms with E-state index < -0.39 is 5.41 Å². The van der Waals surface area contributed by atoms with Gasteiger partial charge in [0, 0.05) is 22.8 Å². The number of carbonyl (C=O) groups excluding carboxylic acids is 2. The SMILES string of the molecule is COC1=CC(=O)[C@]2(C)CC=C3C(C)(C)CCC[C@]3(C)C2C1=O. The van der Waals surface area contributed by atoms with E-state index in [1.165, 1.54) is 18.8 Å². The van der Waals surface area contributed by atoms with Crippen LogP contribution in [-0.2, 0) is 14.3 Å². The summed E-state index contributed by atoms with van der Waals surface area (Å²) in [7, 11) is 1.48. The van der Waals surface area contributed by atoms with E-state index in [1.54, 1.807) is 0 Å². The van der Waals surface area contributed by atoms with Crippen LogP contribution in [0.1, 0.15) is 53.4 Å². The first kappa shape index (κ1) is 15.5. The molecule has 0 aliphatic heterocycles. The Labute approximate surface area is 132 Å². The molecule has 22 heavy (non-hydrogen) atoms. The van der Waals surface area contributed by atoms with E-state index in [1.807, 2.05) is 6.92 Å². The normalized spacial score (nSPS) is 40.3. The first-order valence-corrected chi connectivity index (χ1v) is 8.22. The van der Waals surface area contributed by atoms with Crippen molar-refractivity contribution in [3.63, 3.8) is 0 Å². The number of ketones is 2. The Bertz CT molecular complexity index is 610. The summed E-state index contributed by atoms with van der Waals surface area (Å²) in [6.07, 6.45) is 7.54. The van der Waals surface area contributed by atoms with Gasteiger partial charge in [0.15, 0.2) is 11.5 Å². The number of methoxy groups -OCH3 is 1. The van der Waals surface area contributed by atoms with Crippen molar-refractivity contribution in [3.05, 3.63) is 23.5 Å². The second-order valence-corrected chi connectivity index (χ2v) is 8.27. The van der Waals surface area contributed by atoms with E-state index >= 15 is 0 Å². The lowest BCUT2D eigenvalue weighted by Gasteiger charge is -2.57. The molecule has 0 N–H and O–H groups in total. The molecule has 1 saturated carbocycles. The van der Waals surface area contributed by atoms with Gasteiger partial charge in [0.25, 0.3) is 0 Å². The van der Waals surface area contributed by atoms with Crippen molar-refractivity contribution in [2.75, 3.05) is 7.11 Å². The van der Waals surface area contributed by atoms with Crippen molar-refractivity contribution >= 4 is 11.6 Å². The van der Waals surface area contributed by atoms with Crippen LogP contribution in [0.4, 0.5) is 0 Å². The highest BCUT2D eigenvalue weighted by atomic mass is 16.5. The highest BCUT2D eigenvalue weighted by Crippen LogP contribution is 2.63. The first-order valence-electron chi connectivity index (χ1n) is 8.22. The van der Waals surface area contributed by atoms with Gasteiger partial charge in [-0.3, -0.25) is 9.59 Å². The van der Waals surface area contributed by atoms with E-state index in [-0.39, 0.29) is 34.1 Å². The number of hydrogen-bond acceptors (Lipinski definition) is 3. The van der Waals surface area contributed by atoms with Crippen molar-refractivity contribution in [2.45, 2.75) is 53.4 Å². The van der Waals surface area contributed by atoms with Crippen LogP contribution in [0.3, 0.4) is 0 Å². The number of carbonyl (C=O) groups is 2. The molecule has 3 aliphatic rings. The second kappa shape index (κ2) is 4.56. The third kappa shape index (κ3) is 1.80. The molecule has 0 radical (unpaired) electrons. The fourth-order valence-corrected chi connectivity index (χ4v) is 5.36. The Hall–Kier alpha value is -1.38. The Kier molecular flexibility index (Phi) is 3.22. The van der Waals surface area contributed by atoms with Crippen LogP contribution < -0.4 is 0 Å². The molecule has 0 bridgehead atoms. The zero-order valence-electron chi connectivity index (χ0n) is 14.3. The highest BCUT2D eigenvalue weighted by molar-refractivity contribution is 6.12. The summed E-state index contributed by atoms with van der Waals surface area (Å²) < 4.78 is 5.22. The number of allylic oxidation sites excluding steroid dienone is 4. The molecule has 3 rings (SSSR count). The molecule has 0 heterocycles. The molecule has 120 valence electrons. The molecule has 3 aliphatic carbocycles. The minimum absolute atomic E-state index is 0.00963. The summed E-state index contributed by atoms with van der Waals surface area (Å²) in [6.45, 7) is 8.68. The number of rotatable bonds is 1. The van der Waals surface area contributed by atoms with Gasteiger partial charge in [0.05, 0.1) is 7.11 Å².